The molecule has 0 fully saturated rings. The molecular weight excluding hydrogens is 630 g/mol. The minimum atomic E-state index is -0.371. The van der Waals surface area contributed by atoms with Crippen molar-refractivity contribution in [2.24, 2.45) is 14.1 Å². The fraction of sp³-hybridized carbons (Fsp3) is 0.324. The van der Waals surface area contributed by atoms with Gasteiger partial charge in [-0.2, -0.15) is 10.2 Å². The predicted octanol–water partition coefficient (Wildman–Crippen LogP) is 8.24. The molecule has 0 aliphatic carbocycles. The van der Waals surface area contributed by atoms with E-state index in [1.807, 2.05) is 48.6 Å². The summed E-state index contributed by atoms with van der Waals surface area (Å²) in [4.78, 5) is 14.5. The molecule has 47 heavy (non-hydrogen) atoms. The molecule has 0 saturated heterocycles. The second kappa shape index (κ2) is 12.8. The van der Waals surface area contributed by atoms with Crippen LogP contribution in [0.15, 0.2) is 59.5 Å². The van der Waals surface area contributed by atoms with Crippen LogP contribution in [-0.4, -0.2) is 43.8 Å². The second-order valence-corrected chi connectivity index (χ2v) is 13.7. The topological polar surface area (TPSA) is 76.1 Å². The molecule has 10 heteroatoms. The molecule has 8 nitrogen and oxygen atoms in total. The molecule has 4 heterocycles. The zero-order valence-corrected chi connectivity index (χ0v) is 29.0. The summed E-state index contributed by atoms with van der Waals surface area (Å²) in [5, 5.41) is 13.6. The van der Waals surface area contributed by atoms with Gasteiger partial charge in [0.2, 0.25) is 0 Å². The highest BCUT2D eigenvalue weighted by Crippen LogP contribution is 2.43. The highest BCUT2D eigenvalue weighted by molar-refractivity contribution is 7.98. The van der Waals surface area contributed by atoms with Gasteiger partial charge in [-0.3, -0.25) is 9.36 Å². The van der Waals surface area contributed by atoms with Crippen molar-refractivity contribution in [1.29, 1.82) is 0 Å². The highest BCUT2D eigenvalue weighted by atomic mass is 35.5. The summed E-state index contributed by atoms with van der Waals surface area (Å²) < 4.78 is 17.8. The molecule has 7 rings (SSSR count). The molecule has 0 unspecified atom stereocenters. The van der Waals surface area contributed by atoms with Crippen molar-refractivity contribution in [3.8, 4) is 16.9 Å². The largest absolute Gasteiger partial charge is 0.493 e. The van der Waals surface area contributed by atoms with E-state index in [4.69, 9.17) is 31.3 Å². The molecule has 0 amide bonds. The van der Waals surface area contributed by atoms with Crippen LogP contribution in [-0.2, 0) is 44.0 Å². The Morgan fingerprint density at radius 1 is 0.979 bits per heavy atom. The van der Waals surface area contributed by atoms with E-state index >= 15 is 0 Å². The number of carbonyl (C=O) groups is 1. The zero-order valence-electron chi connectivity index (χ0n) is 27.4. The van der Waals surface area contributed by atoms with E-state index in [-0.39, 0.29) is 5.97 Å². The van der Waals surface area contributed by atoms with Crippen LogP contribution in [0.4, 0.5) is 0 Å². The van der Waals surface area contributed by atoms with Crippen LogP contribution in [0.3, 0.4) is 0 Å². The first-order valence-corrected chi connectivity index (χ1v) is 17.3. The summed E-state index contributed by atoms with van der Waals surface area (Å²) in [5.74, 6) is 1.29. The lowest BCUT2D eigenvalue weighted by Crippen LogP contribution is -2.13. The number of thioether (sulfide) groups is 1. The number of hydrogen-bond donors (Lipinski definition) is 0. The van der Waals surface area contributed by atoms with Crippen LogP contribution in [0.1, 0.15) is 51.7 Å². The SMILES string of the molecule is COC(=O)c1c(C)c2c3c(Cl)ccc2n1CCCOc1cc(cc2ccccc12)SCc1cc(nn1C)CCCc1nn(C)c(C)c1-3. The molecule has 0 saturated carbocycles. The summed E-state index contributed by atoms with van der Waals surface area (Å²) in [5.41, 5.74) is 8.52. The average molecular weight is 668 g/mol. The van der Waals surface area contributed by atoms with Gasteiger partial charge in [0.05, 0.1) is 25.1 Å². The van der Waals surface area contributed by atoms with Gasteiger partial charge in [-0.15, -0.1) is 11.8 Å². The lowest BCUT2D eigenvalue weighted by Gasteiger charge is -2.14. The lowest BCUT2D eigenvalue weighted by molar-refractivity contribution is 0.0587. The normalized spacial score (nSPS) is 14.2. The van der Waals surface area contributed by atoms with Crippen LogP contribution in [0, 0.1) is 13.8 Å². The van der Waals surface area contributed by atoms with E-state index in [0.29, 0.717) is 30.3 Å². The fourth-order valence-electron chi connectivity index (χ4n) is 6.91. The number of aryl methyl sites for hydroxylation is 6. The van der Waals surface area contributed by atoms with Gasteiger partial charge in [0.15, 0.2) is 0 Å². The Hall–Kier alpha value is -4.21. The van der Waals surface area contributed by atoms with Gasteiger partial charge < -0.3 is 14.0 Å². The number of esters is 1. The smallest absolute Gasteiger partial charge is 0.354 e. The molecule has 3 aromatic heterocycles. The van der Waals surface area contributed by atoms with Crippen LogP contribution < -0.4 is 4.74 Å². The quantitative estimate of drug-likeness (QED) is 0.165. The van der Waals surface area contributed by atoms with Crippen molar-refractivity contribution in [2.45, 2.75) is 56.7 Å². The molecule has 0 spiro atoms. The standard InChI is InChI=1S/C37H38ClN5O3S/c1-22-33-31-15-14-29(38)35(33)34-23(2)41(3)40-30(34)13-8-11-25-19-26(42(4)39-25)21-47-27-18-24-10-6-7-12-28(24)32(20-27)46-17-9-16-43(31)36(22)37(44)45-5/h6-7,10,12,14-15,18-20H,8-9,11,13,16-17,21H2,1-5H3. The second-order valence-electron chi connectivity index (χ2n) is 12.2. The number of fused-ring (bicyclic) bond motifs is 8. The summed E-state index contributed by atoms with van der Waals surface area (Å²) in [6.07, 6.45) is 3.18. The van der Waals surface area contributed by atoms with E-state index in [1.54, 1.807) is 11.8 Å². The first-order chi connectivity index (χ1) is 22.7. The number of halogens is 1. The first kappa shape index (κ1) is 31.4. The summed E-state index contributed by atoms with van der Waals surface area (Å²) in [6.45, 7) is 5.12. The Balaban J connectivity index is 1.37. The number of nitrogens with zero attached hydrogens (tertiary/aromatic N) is 5. The number of aromatic nitrogens is 5. The Labute approximate surface area is 283 Å². The number of benzene rings is 3. The van der Waals surface area contributed by atoms with Crippen molar-refractivity contribution in [3.63, 3.8) is 0 Å². The molecule has 8 bridgehead atoms. The maximum absolute atomic E-state index is 13.3. The van der Waals surface area contributed by atoms with Crippen molar-refractivity contribution in [3.05, 3.63) is 93.7 Å². The van der Waals surface area contributed by atoms with Gasteiger partial charge in [0, 0.05) is 75.1 Å². The van der Waals surface area contributed by atoms with Crippen LogP contribution in [0.5, 0.6) is 5.75 Å². The van der Waals surface area contributed by atoms with E-state index in [0.717, 1.165) is 91.1 Å². The van der Waals surface area contributed by atoms with Crippen molar-refractivity contribution < 1.29 is 14.3 Å². The van der Waals surface area contributed by atoms with Gasteiger partial charge in [-0.25, -0.2) is 4.79 Å². The number of rotatable bonds is 1. The maximum atomic E-state index is 13.3. The van der Waals surface area contributed by atoms with Gasteiger partial charge in [0.25, 0.3) is 0 Å². The van der Waals surface area contributed by atoms with Gasteiger partial charge in [-0.05, 0) is 80.8 Å². The van der Waals surface area contributed by atoms with Crippen LogP contribution in [0.2, 0.25) is 5.02 Å². The van der Waals surface area contributed by atoms with Gasteiger partial charge >= 0.3 is 5.97 Å². The van der Waals surface area contributed by atoms with Gasteiger partial charge in [-0.1, -0.05) is 35.9 Å². The Morgan fingerprint density at radius 3 is 2.64 bits per heavy atom. The monoisotopic (exact) mass is 667 g/mol. The molecule has 0 radical (unpaired) electrons. The number of carbonyl (C=O) groups excluding carboxylic acids is 1. The number of methoxy groups -OCH3 is 1. The number of hydrogen-bond acceptors (Lipinski definition) is 6. The number of ether oxygens (including phenoxy) is 2. The zero-order chi connectivity index (χ0) is 32.8. The Morgan fingerprint density at radius 2 is 1.81 bits per heavy atom. The lowest BCUT2D eigenvalue weighted by atomic mass is 9.95. The first-order valence-electron chi connectivity index (χ1n) is 16.0. The molecular formula is C37H38ClN5O3S. The minimum absolute atomic E-state index is 0.371. The fourth-order valence-corrected chi connectivity index (χ4v) is 8.14. The van der Waals surface area contributed by atoms with Crippen molar-refractivity contribution in [2.75, 3.05) is 13.7 Å². The maximum Gasteiger partial charge on any atom is 0.354 e. The van der Waals surface area contributed by atoms with E-state index in [9.17, 15) is 4.79 Å². The predicted molar refractivity (Wildman–Crippen MR) is 189 cm³/mol. The third-order valence-corrected chi connectivity index (χ3v) is 10.6. The van der Waals surface area contributed by atoms with Crippen LogP contribution >= 0.6 is 23.4 Å². The van der Waals surface area contributed by atoms with Crippen molar-refractivity contribution >= 4 is 51.0 Å². The summed E-state index contributed by atoms with van der Waals surface area (Å²) >= 11 is 8.84. The molecule has 1 aliphatic heterocycles. The highest BCUT2D eigenvalue weighted by Gasteiger charge is 2.27. The van der Waals surface area contributed by atoms with E-state index < -0.39 is 0 Å². The van der Waals surface area contributed by atoms with Crippen LogP contribution in [0.25, 0.3) is 32.8 Å². The molecule has 242 valence electrons. The average Bonchev–Trinajstić information content (AvgIpc) is 3.66. The Bertz CT molecular complexity index is 2160. The summed E-state index contributed by atoms with van der Waals surface area (Å²) in [7, 11) is 5.42. The van der Waals surface area contributed by atoms with Crippen molar-refractivity contribution in [1.82, 2.24) is 24.1 Å². The third kappa shape index (κ3) is 5.69. The summed E-state index contributed by atoms with van der Waals surface area (Å²) in [6, 6.07) is 18.9. The van der Waals surface area contributed by atoms with E-state index in [2.05, 4.69) is 47.9 Å². The Kier molecular flexibility index (Phi) is 8.53. The molecule has 3 aromatic carbocycles. The minimum Gasteiger partial charge on any atom is -0.493 e. The van der Waals surface area contributed by atoms with Gasteiger partial charge in [0.1, 0.15) is 11.4 Å². The molecule has 0 atom stereocenters. The molecule has 6 aromatic rings. The molecule has 0 N–H and O–H groups in total. The third-order valence-electron chi connectivity index (χ3n) is 9.30. The van der Waals surface area contributed by atoms with E-state index in [1.165, 1.54) is 12.8 Å². The molecule has 1 aliphatic rings.